The molecule has 1 heterocycles. The van der Waals surface area contributed by atoms with E-state index in [1.807, 2.05) is 6.92 Å². The lowest BCUT2D eigenvalue weighted by Gasteiger charge is -2.13. The van der Waals surface area contributed by atoms with Crippen LogP contribution in [0, 0.1) is 10.1 Å². The second-order valence-corrected chi connectivity index (χ2v) is 9.18. The van der Waals surface area contributed by atoms with Gasteiger partial charge in [-0.25, -0.2) is 0 Å². The highest BCUT2D eigenvalue weighted by molar-refractivity contribution is 8.18. The zero-order valence-electron chi connectivity index (χ0n) is 19.2. The average Bonchev–Trinajstić information content (AvgIpc) is 3.12. The number of thioether (sulfide) groups is 1. The fourth-order valence-corrected chi connectivity index (χ4v) is 4.40. The van der Waals surface area contributed by atoms with E-state index < -0.39 is 4.92 Å². The summed E-state index contributed by atoms with van der Waals surface area (Å²) in [7, 11) is 0. The molecular formula is C26H21ClN2O6S. The molecule has 8 nitrogen and oxygen atoms in total. The molecule has 0 unspecified atom stereocenters. The van der Waals surface area contributed by atoms with Gasteiger partial charge in [-0.15, -0.1) is 0 Å². The van der Waals surface area contributed by atoms with E-state index in [0.717, 1.165) is 22.9 Å². The molecule has 0 atom stereocenters. The smallest absolute Gasteiger partial charge is 0.293 e. The van der Waals surface area contributed by atoms with Crippen LogP contribution in [0.15, 0.2) is 71.6 Å². The first-order valence-electron chi connectivity index (χ1n) is 11.0. The largest absolute Gasteiger partial charge is 0.490 e. The lowest BCUT2D eigenvalue weighted by atomic mass is 10.1. The van der Waals surface area contributed by atoms with Crippen LogP contribution in [0.2, 0.25) is 5.02 Å². The molecule has 10 heteroatoms. The van der Waals surface area contributed by atoms with Crippen LogP contribution in [0.25, 0.3) is 6.08 Å². The van der Waals surface area contributed by atoms with Gasteiger partial charge in [-0.05, 0) is 77.9 Å². The number of nitrogens with zero attached hydrogens (tertiary/aromatic N) is 2. The molecule has 0 aromatic heterocycles. The Labute approximate surface area is 216 Å². The van der Waals surface area contributed by atoms with Gasteiger partial charge >= 0.3 is 0 Å². The molecule has 0 aliphatic carbocycles. The lowest BCUT2D eigenvalue weighted by molar-refractivity contribution is -0.384. The van der Waals surface area contributed by atoms with E-state index in [1.54, 1.807) is 60.7 Å². The molecule has 0 spiro atoms. The van der Waals surface area contributed by atoms with Crippen molar-refractivity contribution in [3.05, 3.63) is 103 Å². The number of imide groups is 1. The molecule has 1 fully saturated rings. The van der Waals surface area contributed by atoms with Crippen molar-refractivity contribution < 1.29 is 24.0 Å². The molecule has 0 N–H and O–H groups in total. The molecule has 1 aliphatic heterocycles. The molecular weight excluding hydrogens is 504 g/mol. The second-order valence-electron chi connectivity index (χ2n) is 7.75. The van der Waals surface area contributed by atoms with Crippen LogP contribution >= 0.6 is 23.4 Å². The number of nitro benzene ring substituents is 1. The Morgan fingerprint density at radius 3 is 2.33 bits per heavy atom. The predicted molar refractivity (Wildman–Crippen MR) is 138 cm³/mol. The molecule has 36 heavy (non-hydrogen) atoms. The monoisotopic (exact) mass is 524 g/mol. The molecule has 0 saturated carbocycles. The minimum Gasteiger partial charge on any atom is -0.490 e. The highest BCUT2D eigenvalue weighted by atomic mass is 35.5. The number of rotatable bonds is 9. The first kappa shape index (κ1) is 25.3. The Bertz CT molecular complexity index is 1330. The Hall–Kier alpha value is -3.82. The number of benzene rings is 3. The molecule has 3 aromatic rings. The molecule has 0 radical (unpaired) electrons. The summed E-state index contributed by atoms with van der Waals surface area (Å²) in [5, 5.41) is 11.1. The summed E-state index contributed by atoms with van der Waals surface area (Å²) in [5.74, 6) is 0.605. The minimum atomic E-state index is -0.455. The van der Waals surface area contributed by atoms with Crippen molar-refractivity contribution in [3.8, 4) is 11.5 Å². The molecule has 2 amide bonds. The fourth-order valence-electron chi connectivity index (χ4n) is 3.44. The van der Waals surface area contributed by atoms with Gasteiger partial charge in [0, 0.05) is 17.2 Å². The van der Waals surface area contributed by atoms with E-state index in [-0.39, 0.29) is 30.0 Å². The van der Waals surface area contributed by atoms with Crippen LogP contribution in [-0.4, -0.2) is 27.6 Å². The SMILES string of the molecule is CCOc1cc(/C=C2\SC(=O)N(Cc3ccc(Cl)cc3)C2=O)ccc1OCc1ccc([N+](=O)[O-])cc1. The van der Waals surface area contributed by atoms with Crippen molar-refractivity contribution >= 4 is 46.3 Å². The Morgan fingerprint density at radius 2 is 1.67 bits per heavy atom. The van der Waals surface area contributed by atoms with E-state index in [1.165, 1.54) is 17.0 Å². The molecule has 1 aliphatic rings. The standard InChI is InChI=1S/C26H21ClN2O6S/c1-2-34-23-13-19(7-12-22(23)35-16-18-5-10-21(11-6-18)29(32)33)14-24-25(30)28(26(31)36-24)15-17-3-8-20(27)9-4-17/h3-14H,2,15-16H2,1H3/b24-14-. The maximum absolute atomic E-state index is 12.9. The van der Waals surface area contributed by atoms with Crippen molar-refractivity contribution in [1.82, 2.24) is 4.90 Å². The summed E-state index contributed by atoms with van der Waals surface area (Å²) in [6.07, 6.45) is 1.65. The number of carbonyl (C=O) groups is 2. The fraction of sp³-hybridized carbons (Fsp3) is 0.154. The van der Waals surface area contributed by atoms with Crippen molar-refractivity contribution in [2.45, 2.75) is 20.1 Å². The highest BCUT2D eigenvalue weighted by Gasteiger charge is 2.35. The Balaban J connectivity index is 1.48. The number of halogens is 1. The van der Waals surface area contributed by atoms with Crippen molar-refractivity contribution in [1.29, 1.82) is 0 Å². The van der Waals surface area contributed by atoms with Gasteiger partial charge in [0.05, 0.1) is 23.0 Å². The van der Waals surface area contributed by atoms with Crippen LogP contribution in [0.3, 0.4) is 0 Å². The maximum Gasteiger partial charge on any atom is 0.293 e. The third-order valence-electron chi connectivity index (χ3n) is 5.23. The summed E-state index contributed by atoms with van der Waals surface area (Å²) >= 11 is 6.80. The summed E-state index contributed by atoms with van der Waals surface area (Å²) in [4.78, 5) is 37.2. The van der Waals surface area contributed by atoms with Gasteiger partial charge in [-0.3, -0.25) is 24.6 Å². The molecule has 3 aromatic carbocycles. The van der Waals surface area contributed by atoms with Crippen LogP contribution < -0.4 is 9.47 Å². The average molecular weight is 525 g/mol. The van der Waals surface area contributed by atoms with E-state index >= 15 is 0 Å². The first-order valence-corrected chi connectivity index (χ1v) is 12.2. The molecule has 184 valence electrons. The normalized spacial score (nSPS) is 14.4. The number of ether oxygens (including phenoxy) is 2. The summed E-state index contributed by atoms with van der Waals surface area (Å²) in [6, 6.07) is 18.3. The quantitative estimate of drug-likeness (QED) is 0.180. The van der Waals surface area contributed by atoms with E-state index in [0.29, 0.717) is 33.6 Å². The highest BCUT2D eigenvalue weighted by Crippen LogP contribution is 2.35. The first-order chi connectivity index (χ1) is 17.3. The zero-order valence-corrected chi connectivity index (χ0v) is 20.8. The molecule has 4 rings (SSSR count). The maximum atomic E-state index is 12.9. The Kier molecular flexibility index (Phi) is 7.92. The van der Waals surface area contributed by atoms with Gasteiger partial charge in [0.25, 0.3) is 16.8 Å². The van der Waals surface area contributed by atoms with Gasteiger partial charge in [0.15, 0.2) is 11.5 Å². The second kappa shape index (κ2) is 11.3. The predicted octanol–water partition coefficient (Wildman–Crippen LogP) is 6.46. The van der Waals surface area contributed by atoms with Crippen molar-refractivity contribution in [2.75, 3.05) is 6.61 Å². The number of nitro groups is 1. The van der Waals surface area contributed by atoms with E-state index in [4.69, 9.17) is 21.1 Å². The number of non-ortho nitro benzene ring substituents is 1. The number of carbonyl (C=O) groups excluding carboxylic acids is 2. The third kappa shape index (κ3) is 6.05. The van der Waals surface area contributed by atoms with E-state index in [2.05, 4.69) is 0 Å². The summed E-state index contributed by atoms with van der Waals surface area (Å²) in [5.41, 5.74) is 2.26. The van der Waals surface area contributed by atoms with Crippen LogP contribution in [0.5, 0.6) is 11.5 Å². The minimum absolute atomic E-state index is 0.00990. The van der Waals surface area contributed by atoms with Gasteiger partial charge < -0.3 is 9.47 Å². The van der Waals surface area contributed by atoms with Gasteiger partial charge in [-0.1, -0.05) is 29.8 Å². The van der Waals surface area contributed by atoms with E-state index in [9.17, 15) is 19.7 Å². The van der Waals surface area contributed by atoms with Gasteiger partial charge in [-0.2, -0.15) is 0 Å². The van der Waals surface area contributed by atoms with Crippen LogP contribution in [0.1, 0.15) is 23.6 Å². The number of hydrogen-bond donors (Lipinski definition) is 0. The van der Waals surface area contributed by atoms with Gasteiger partial charge in [0.1, 0.15) is 6.61 Å². The molecule has 0 bridgehead atoms. The van der Waals surface area contributed by atoms with Crippen molar-refractivity contribution in [2.24, 2.45) is 0 Å². The third-order valence-corrected chi connectivity index (χ3v) is 6.39. The van der Waals surface area contributed by atoms with Crippen LogP contribution in [0.4, 0.5) is 10.5 Å². The number of amides is 2. The zero-order chi connectivity index (χ0) is 25.7. The van der Waals surface area contributed by atoms with Crippen LogP contribution in [-0.2, 0) is 17.9 Å². The molecule has 1 saturated heterocycles. The lowest BCUT2D eigenvalue weighted by Crippen LogP contribution is -2.27. The topological polar surface area (TPSA) is 99.0 Å². The van der Waals surface area contributed by atoms with Crippen molar-refractivity contribution in [3.63, 3.8) is 0 Å². The number of hydrogen-bond acceptors (Lipinski definition) is 7. The summed E-state index contributed by atoms with van der Waals surface area (Å²) < 4.78 is 11.6. The Morgan fingerprint density at radius 1 is 0.972 bits per heavy atom. The summed E-state index contributed by atoms with van der Waals surface area (Å²) in [6.45, 7) is 2.60. The van der Waals surface area contributed by atoms with Gasteiger partial charge in [0.2, 0.25) is 0 Å².